The van der Waals surface area contributed by atoms with E-state index < -0.39 is 0 Å². The minimum Gasteiger partial charge on any atom is -0.494 e. The smallest absolute Gasteiger partial charge is 0.169 e. The van der Waals surface area contributed by atoms with Gasteiger partial charge in [0.05, 0.1) is 7.11 Å². The van der Waals surface area contributed by atoms with Gasteiger partial charge in [0.25, 0.3) is 0 Å². The van der Waals surface area contributed by atoms with Crippen molar-refractivity contribution in [3.05, 3.63) is 29.6 Å². The van der Waals surface area contributed by atoms with E-state index in [0.29, 0.717) is 17.9 Å². The number of nitrogens with one attached hydrogen (secondary N) is 1. The lowest BCUT2D eigenvalue weighted by molar-refractivity contribution is 0.189. The third-order valence-corrected chi connectivity index (χ3v) is 3.35. The van der Waals surface area contributed by atoms with Gasteiger partial charge in [-0.05, 0) is 34.0 Å². The van der Waals surface area contributed by atoms with Crippen LogP contribution in [0.1, 0.15) is 19.4 Å². The predicted molar refractivity (Wildman–Crippen MR) is 72.4 cm³/mol. The van der Waals surface area contributed by atoms with Crippen molar-refractivity contribution in [3.63, 3.8) is 0 Å². The first-order valence-electron chi connectivity index (χ1n) is 6.08. The molecule has 0 aliphatic rings. The summed E-state index contributed by atoms with van der Waals surface area (Å²) < 4.78 is 18.8. The molecule has 0 saturated heterocycles. The molecular formula is C14H23FN2O. The molecule has 0 aromatic heterocycles. The third kappa shape index (κ3) is 3.68. The van der Waals surface area contributed by atoms with E-state index in [1.165, 1.54) is 7.11 Å². The standard InChI is InChI=1S/C14H23FN2O/c1-14(2,17(3)4)10-16-9-11-7-6-8-12(18-5)13(11)15/h6-8,16H,9-10H2,1-5H3. The minimum absolute atomic E-state index is 0.0370. The molecule has 0 radical (unpaired) electrons. The zero-order valence-corrected chi connectivity index (χ0v) is 11.9. The monoisotopic (exact) mass is 254 g/mol. The van der Waals surface area contributed by atoms with E-state index >= 15 is 0 Å². The molecule has 0 aliphatic carbocycles. The Morgan fingerprint density at radius 3 is 2.56 bits per heavy atom. The highest BCUT2D eigenvalue weighted by Gasteiger charge is 2.19. The predicted octanol–water partition coefficient (Wildman–Crippen LogP) is 2.26. The second-order valence-electron chi connectivity index (χ2n) is 5.24. The quantitative estimate of drug-likeness (QED) is 0.843. The van der Waals surface area contributed by atoms with Crippen LogP contribution in [0.25, 0.3) is 0 Å². The fourth-order valence-electron chi connectivity index (χ4n) is 1.51. The lowest BCUT2D eigenvalue weighted by Gasteiger charge is -2.32. The van der Waals surface area contributed by atoms with Crippen molar-refractivity contribution in [2.24, 2.45) is 0 Å². The molecule has 102 valence electrons. The van der Waals surface area contributed by atoms with Crippen LogP contribution in [-0.2, 0) is 6.54 Å². The number of likely N-dealkylation sites (N-methyl/N-ethyl adjacent to an activating group) is 1. The second-order valence-corrected chi connectivity index (χ2v) is 5.24. The van der Waals surface area contributed by atoms with Crippen molar-refractivity contribution in [1.29, 1.82) is 0 Å². The summed E-state index contributed by atoms with van der Waals surface area (Å²) in [6.07, 6.45) is 0. The van der Waals surface area contributed by atoms with Crippen LogP contribution in [0.4, 0.5) is 4.39 Å². The summed E-state index contributed by atoms with van der Waals surface area (Å²) in [6.45, 7) is 5.57. The first-order chi connectivity index (χ1) is 8.38. The number of halogens is 1. The van der Waals surface area contributed by atoms with E-state index in [4.69, 9.17) is 4.74 Å². The average molecular weight is 254 g/mol. The van der Waals surface area contributed by atoms with E-state index in [0.717, 1.165) is 6.54 Å². The van der Waals surface area contributed by atoms with Crippen molar-refractivity contribution >= 4 is 0 Å². The summed E-state index contributed by atoms with van der Waals surface area (Å²) in [6, 6.07) is 5.20. The van der Waals surface area contributed by atoms with E-state index in [-0.39, 0.29) is 11.4 Å². The molecule has 1 rings (SSSR count). The summed E-state index contributed by atoms with van der Waals surface area (Å²) in [5.74, 6) is 0.0105. The first kappa shape index (κ1) is 14.9. The van der Waals surface area contributed by atoms with Gasteiger partial charge in [-0.25, -0.2) is 4.39 Å². The molecule has 0 atom stereocenters. The molecule has 0 aliphatic heterocycles. The Morgan fingerprint density at radius 2 is 2.00 bits per heavy atom. The van der Waals surface area contributed by atoms with Crippen molar-refractivity contribution in [2.75, 3.05) is 27.7 Å². The van der Waals surface area contributed by atoms with Crippen LogP contribution in [0, 0.1) is 5.82 Å². The molecule has 0 spiro atoms. The Bertz CT molecular complexity index is 391. The lowest BCUT2D eigenvalue weighted by Crippen LogP contribution is -2.46. The Labute approximate surface area is 109 Å². The van der Waals surface area contributed by atoms with E-state index in [1.807, 2.05) is 14.1 Å². The van der Waals surface area contributed by atoms with Crippen molar-refractivity contribution in [3.8, 4) is 5.75 Å². The van der Waals surface area contributed by atoms with E-state index in [2.05, 4.69) is 24.1 Å². The summed E-state index contributed by atoms with van der Waals surface area (Å²) in [5, 5.41) is 3.28. The maximum Gasteiger partial charge on any atom is 0.169 e. The van der Waals surface area contributed by atoms with Crippen LogP contribution in [0.3, 0.4) is 0 Å². The van der Waals surface area contributed by atoms with Crippen LogP contribution in [-0.4, -0.2) is 38.2 Å². The molecule has 0 fully saturated rings. The average Bonchev–Trinajstić information content (AvgIpc) is 2.31. The SMILES string of the molecule is COc1cccc(CNCC(C)(C)N(C)C)c1F. The molecule has 3 nitrogen and oxygen atoms in total. The Hall–Kier alpha value is -1.13. The fourth-order valence-corrected chi connectivity index (χ4v) is 1.51. The van der Waals surface area contributed by atoms with Gasteiger partial charge >= 0.3 is 0 Å². The van der Waals surface area contributed by atoms with Crippen LogP contribution in [0.2, 0.25) is 0 Å². The van der Waals surface area contributed by atoms with Crippen LogP contribution >= 0.6 is 0 Å². The van der Waals surface area contributed by atoms with Gasteiger partial charge in [-0.15, -0.1) is 0 Å². The van der Waals surface area contributed by atoms with Gasteiger partial charge in [0.1, 0.15) is 0 Å². The number of benzene rings is 1. The van der Waals surface area contributed by atoms with Gasteiger partial charge in [0, 0.05) is 24.2 Å². The number of methoxy groups -OCH3 is 1. The molecule has 1 N–H and O–H groups in total. The zero-order chi connectivity index (χ0) is 13.8. The molecule has 0 unspecified atom stereocenters. The van der Waals surface area contributed by atoms with Gasteiger partial charge in [0.15, 0.2) is 11.6 Å². The van der Waals surface area contributed by atoms with Crippen LogP contribution in [0.15, 0.2) is 18.2 Å². The van der Waals surface area contributed by atoms with Gasteiger partial charge in [-0.2, -0.15) is 0 Å². The highest BCUT2D eigenvalue weighted by molar-refractivity contribution is 5.30. The maximum absolute atomic E-state index is 13.9. The van der Waals surface area contributed by atoms with Gasteiger partial charge < -0.3 is 15.0 Å². The Kier molecular flexibility index (Phi) is 5.11. The lowest BCUT2D eigenvalue weighted by atomic mass is 10.0. The van der Waals surface area contributed by atoms with Gasteiger partial charge in [-0.1, -0.05) is 12.1 Å². The highest BCUT2D eigenvalue weighted by atomic mass is 19.1. The molecule has 1 aromatic rings. The molecule has 18 heavy (non-hydrogen) atoms. The number of hydrogen-bond donors (Lipinski definition) is 1. The fraction of sp³-hybridized carbons (Fsp3) is 0.571. The molecular weight excluding hydrogens is 231 g/mol. The Balaban J connectivity index is 2.60. The number of rotatable bonds is 6. The van der Waals surface area contributed by atoms with Crippen LogP contribution in [0.5, 0.6) is 5.75 Å². The molecule has 0 bridgehead atoms. The molecule has 0 amide bonds. The minimum atomic E-state index is -0.282. The summed E-state index contributed by atoms with van der Waals surface area (Å²) >= 11 is 0. The molecule has 4 heteroatoms. The maximum atomic E-state index is 13.9. The molecule has 0 heterocycles. The normalized spacial score (nSPS) is 11.9. The van der Waals surface area contributed by atoms with Crippen molar-refractivity contribution in [2.45, 2.75) is 25.9 Å². The molecule has 1 aromatic carbocycles. The second kappa shape index (κ2) is 6.16. The summed E-state index contributed by atoms with van der Waals surface area (Å²) in [7, 11) is 5.55. The Morgan fingerprint density at radius 1 is 1.33 bits per heavy atom. The van der Waals surface area contributed by atoms with Gasteiger partial charge in [0.2, 0.25) is 0 Å². The topological polar surface area (TPSA) is 24.5 Å². The largest absolute Gasteiger partial charge is 0.494 e. The number of ether oxygens (including phenoxy) is 1. The first-order valence-corrected chi connectivity index (χ1v) is 6.08. The number of hydrogen-bond acceptors (Lipinski definition) is 3. The van der Waals surface area contributed by atoms with E-state index in [1.54, 1.807) is 18.2 Å². The zero-order valence-electron chi connectivity index (χ0n) is 11.9. The summed E-state index contributed by atoms with van der Waals surface area (Å²) in [4.78, 5) is 2.14. The number of nitrogens with zero attached hydrogens (tertiary/aromatic N) is 1. The third-order valence-electron chi connectivity index (χ3n) is 3.35. The highest BCUT2D eigenvalue weighted by Crippen LogP contribution is 2.19. The van der Waals surface area contributed by atoms with E-state index in [9.17, 15) is 4.39 Å². The summed E-state index contributed by atoms with van der Waals surface area (Å²) in [5.41, 5.74) is 0.666. The van der Waals surface area contributed by atoms with Crippen molar-refractivity contribution < 1.29 is 9.13 Å². The molecule has 0 saturated carbocycles. The van der Waals surface area contributed by atoms with Crippen molar-refractivity contribution in [1.82, 2.24) is 10.2 Å². The van der Waals surface area contributed by atoms with Gasteiger partial charge in [-0.3, -0.25) is 0 Å². The van der Waals surface area contributed by atoms with Crippen LogP contribution < -0.4 is 10.1 Å².